The van der Waals surface area contributed by atoms with Crippen molar-refractivity contribution in [1.82, 2.24) is 0 Å². The van der Waals surface area contributed by atoms with E-state index in [0.29, 0.717) is 0 Å². The van der Waals surface area contributed by atoms with Crippen LogP contribution in [0.1, 0.15) is 19.8 Å². The summed E-state index contributed by atoms with van der Waals surface area (Å²) in [5.41, 5.74) is 5.22. The van der Waals surface area contributed by atoms with E-state index in [9.17, 15) is 0 Å². The lowest BCUT2D eigenvalue weighted by Crippen LogP contribution is -2.15. The Morgan fingerprint density at radius 2 is 2.43 bits per heavy atom. The van der Waals surface area contributed by atoms with E-state index >= 15 is 0 Å². The first-order chi connectivity index (χ1) is 3.31. The van der Waals surface area contributed by atoms with Crippen LogP contribution in [0.3, 0.4) is 0 Å². The fourth-order valence-electron chi connectivity index (χ4n) is 0.376. The fourth-order valence-corrected chi connectivity index (χ4v) is 0.376. The molecule has 0 radical (unpaired) electrons. The molecule has 0 saturated heterocycles. The van der Waals surface area contributed by atoms with Crippen LogP contribution in [-0.4, -0.2) is 6.04 Å². The first-order valence-corrected chi connectivity index (χ1v) is 2.46. The van der Waals surface area contributed by atoms with Crippen LogP contribution in [-0.2, 0) is 0 Å². The molecule has 2 N–H and O–H groups in total. The Balaban J connectivity index is 3.04. The smallest absolute Gasteiger partial charge is 0.0927 e. The number of nitriles is 1. The van der Waals surface area contributed by atoms with Crippen molar-refractivity contribution in [3.05, 3.63) is 0 Å². The molecule has 0 saturated carbocycles. The second-order valence-electron chi connectivity index (χ2n) is 1.52. The van der Waals surface area contributed by atoms with Gasteiger partial charge in [0.15, 0.2) is 0 Å². The molecule has 2 heteroatoms. The Hall–Kier alpha value is -0.550. The fraction of sp³-hybridized carbons (Fsp3) is 0.800. The Bertz CT molecular complexity index is 72.6. The standard InChI is InChI=1S/C5H10N2/c1-2-3-5(7)4-6/h5H,2-3,7H2,1H3. The van der Waals surface area contributed by atoms with Gasteiger partial charge in [-0.1, -0.05) is 13.3 Å². The summed E-state index contributed by atoms with van der Waals surface area (Å²) in [7, 11) is 0. The van der Waals surface area contributed by atoms with Gasteiger partial charge in [-0.3, -0.25) is 0 Å². The first kappa shape index (κ1) is 6.45. The molecule has 40 valence electrons. The van der Waals surface area contributed by atoms with Gasteiger partial charge in [0.1, 0.15) is 0 Å². The van der Waals surface area contributed by atoms with E-state index in [0.717, 1.165) is 12.8 Å². The SMILES string of the molecule is CCCC(N)C#N. The van der Waals surface area contributed by atoms with E-state index in [2.05, 4.69) is 0 Å². The van der Waals surface area contributed by atoms with Gasteiger partial charge >= 0.3 is 0 Å². The number of hydrogen-bond acceptors (Lipinski definition) is 2. The van der Waals surface area contributed by atoms with Crippen LogP contribution >= 0.6 is 0 Å². The Morgan fingerprint density at radius 1 is 1.86 bits per heavy atom. The van der Waals surface area contributed by atoms with Gasteiger partial charge in [-0.15, -0.1) is 0 Å². The molecule has 0 spiro atoms. The van der Waals surface area contributed by atoms with Gasteiger partial charge in [0.25, 0.3) is 0 Å². The third-order valence-electron chi connectivity index (χ3n) is 0.766. The molecule has 0 aliphatic heterocycles. The van der Waals surface area contributed by atoms with Crippen LogP contribution in [0.2, 0.25) is 0 Å². The average molecular weight is 98.1 g/mol. The molecular formula is C5H10N2. The third kappa shape index (κ3) is 3.28. The van der Waals surface area contributed by atoms with E-state index in [-0.39, 0.29) is 6.04 Å². The van der Waals surface area contributed by atoms with Gasteiger partial charge in [0, 0.05) is 0 Å². The van der Waals surface area contributed by atoms with Crippen molar-refractivity contribution in [3.63, 3.8) is 0 Å². The Labute approximate surface area is 43.9 Å². The maximum atomic E-state index is 8.09. The molecule has 1 unspecified atom stereocenters. The predicted molar refractivity (Wildman–Crippen MR) is 28.5 cm³/mol. The molecule has 0 aliphatic carbocycles. The molecule has 0 heterocycles. The second kappa shape index (κ2) is 3.63. The van der Waals surface area contributed by atoms with Crippen molar-refractivity contribution < 1.29 is 0 Å². The first-order valence-electron chi connectivity index (χ1n) is 2.46. The second-order valence-corrected chi connectivity index (χ2v) is 1.52. The Kier molecular flexibility index (Phi) is 3.35. The van der Waals surface area contributed by atoms with Crippen molar-refractivity contribution in [2.24, 2.45) is 5.73 Å². The zero-order valence-electron chi connectivity index (χ0n) is 4.52. The number of nitrogens with two attached hydrogens (primary N) is 1. The normalized spacial score (nSPS) is 12.7. The van der Waals surface area contributed by atoms with Crippen LogP contribution in [0.15, 0.2) is 0 Å². The van der Waals surface area contributed by atoms with E-state index in [4.69, 9.17) is 11.0 Å². The summed E-state index contributed by atoms with van der Waals surface area (Å²) >= 11 is 0. The van der Waals surface area contributed by atoms with E-state index < -0.39 is 0 Å². The molecule has 1 atom stereocenters. The van der Waals surface area contributed by atoms with E-state index in [1.165, 1.54) is 0 Å². The highest BCUT2D eigenvalue weighted by Gasteiger charge is 1.92. The van der Waals surface area contributed by atoms with Crippen LogP contribution in [0.5, 0.6) is 0 Å². The molecule has 0 aromatic heterocycles. The minimum atomic E-state index is -0.245. The van der Waals surface area contributed by atoms with Crippen molar-refractivity contribution >= 4 is 0 Å². The zero-order chi connectivity index (χ0) is 5.70. The van der Waals surface area contributed by atoms with Crippen molar-refractivity contribution in [3.8, 4) is 6.07 Å². The monoisotopic (exact) mass is 98.1 g/mol. The van der Waals surface area contributed by atoms with Crippen molar-refractivity contribution in [2.75, 3.05) is 0 Å². The Morgan fingerprint density at radius 3 is 2.57 bits per heavy atom. The summed E-state index contributed by atoms with van der Waals surface area (Å²) in [6, 6.07) is 1.70. The van der Waals surface area contributed by atoms with Crippen LogP contribution < -0.4 is 5.73 Å². The number of hydrogen-bond donors (Lipinski definition) is 1. The van der Waals surface area contributed by atoms with Crippen LogP contribution in [0.25, 0.3) is 0 Å². The maximum absolute atomic E-state index is 8.09. The van der Waals surface area contributed by atoms with Crippen molar-refractivity contribution in [1.29, 1.82) is 5.26 Å². The predicted octanol–water partition coefficient (Wildman–Crippen LogP) is 0.637. The van der Waals surface area contributed by atoms with Gasteiger partial charge in [0.05, 0.1) is 12.1 Å². The number of rotatable bonds is 2. The summed E-state index contributed by atoms with van der Waals surface area (Å²) < 4.78 is 0. The summed E-state index contributed by atoms with van der Waals surface area (Å²) in [6.45, 7) is 2.01. The van der Waals surface area contributed by atoms with E-state index in [1.54, 1.807) is 0 Å². The highest BCUT2D eigenvalue weighted by Crippen LogP contribution is 1.88. The molecule has 0 bridgehead atoms. The average Bonchev–Trinajstić information content (AvgIpc) is 1.68. The topological polar surface area (TPSA) is 49.8 Å². The van der Waals surface area contributed by atoms with Gasteiger partial charge in [-0.2, -0.15) is 5.26 Å². The van der Waals surface area contributed by atoms with Gasteiger partial charge in [-0.25, -0.2) is 0 Å². The summed E-state index contributed by atoms with van der Waals surface area (Å²) in [5.74, 6) is 0. The molecule has 0 amide bonds. The van der Waals surface area contributed by atoms with E-state index in [1.807, 2.05) is 13.0 Å². The summed E-state index contributed by atoms with van der Waals surface area (Å²) in [4.78, 5) is 0. The molecule has 0 fully saturated rings. The zero-order valence-corrected chi connectivity index (χ0v) is 4.52. The molecule has 7 heavy (non-hydrogen) atoms. The minimum absolute atomic E-state index is 0.245. The highest BCUT2D eigenvalue weighted by molar-refractivity contribution is 4.85. The van der Waals surface area contributed by atoms with Gasteiger partial charge in [0.2, 0.25) is 0 Å². The maximum Gasteiger partial charge on any atom is 0.0927 e. The molecule has 0 rings (SSSR count). The summed E-state index contributed by atoms with van der Waals surface area (Å²) in [6.07, 6.45) is 1.81. The molecule has 0 aliphatic rings. The quantitative estimate of drug-likeness (QED) is 0.551. The van der Waals surface area contributed by atoms with Crippen LogP contribution in [0.4, 0.5) is 0 Å². The number of nitrogens with zero attached hydrogens (tertiary/aromatic N) is 1. The largest absolute Gasteiger partial charge is 0.316 e. The minimum Gasteiger partial charge on any atom is -0.316 e. The molecular weight excluding hydrogens is 88.1 g/mol. The van der Waals surface area contributed by atoms with Gasteiger partial charge in [-0.05, 0) is 6.42 Å². The van der Waals surface area contributed by atoms with Crippen LogP contribution in [0, 0.1) is 11.3 Å². The molecule has 0 aromatic carbocycles. The molecule has 0 aromatic rings. The lowest BCUT2D eigenvalue weighted by atomic mass is 10.2. The summed E-state index contributed by atoms with van der Waals surface area (Å²) in [5, 5.41) is 8.09. The lowest BCUT2D eigenvalue weighted by Gasteiger charge is -1.93. The van der Waals surface area contributed by atoms with Gasteiger partial charge < -0.3 is 5.73 Å². The van der Waals surface area contributed by atoms with Crippen molar-refractivity contribution in [2.45, 2.75) is 25.8 Å². The highest BCUT2D eigenvalue weighted by atomic mass is 14.6. The lowest BCUT2D eigenvalue weighted by molar-refractivity contribution is 0.713. The molecule has 2 nitrogen and oxygen atoms in total. The third-order valence-corrected chi connectivity index (χ3v) is 0.766.